The standard InChI is InChI=1S/C11H14BrNO3S/c1-17(15,16)8-4-7-11(14)13-10-6-3-2-5-9(10)12/h2-3,5-6H,4,7-8H2,1H3,(H,13,14). The zero-order valence-corrected chi connectivity index (χ0v) is 11.8. The Morgan fingerprint density at radius 1 is 1.35 bits per heavy atom. The van der Waals surface area contributed by atoms with Gasteiger partial charge in [0.2, 0.25) is 5.91 Å². The molecule has 1 amide bonds. The van der Waals surface area contributed by atoms with E-state index in [9.17, 15) is 13.2 Å². The van der Waals surface area contributed by atoms with Crippen LogP contribution in [0.3, 0.4) is 0 Å². The molecule has 1 aromatic rings. The van der Waals surface area contributed by atoms with Gasteiger partial charge in [0.25, 0.3) is 0 Å². The van der Waals surface area contributed by atoms with Crippen LogP contribution in [0, 0.1) is 0 Å². The van der Waals surface area contributed by atoms with Crippen molar-refractivity contribution in [3.05, 3.63) is 28.7 Å². The monoisotopic (exact) mass is 319 g/mol. The minimum absolute atomic E-state index is 0.0381. The Morgan fingerprint density at radius 2 is 2.00 bits per heavy atom. The highest BCUT2D eigenvalue weighted by molar-refractivity contribution is 9.10. The number of hydrogen-bond acceptors (Lipinski definition) is 3. The van der Waals surface area contributed by atoms with Crippen molar-refractivity contribution in [2.45, 2.75) is 12.8 Å². The summed E-state index contributed by atoms with van der Waals surface area (Å²) in [6.07, 6.45) is 1.71. The summed E-state index contributed by atoms with van der Waals surface area (Å²) >= 11 is 3.31. The molecule has 0 atom stereocenters. The zero-order chi connectivity index (χ0) is 12.9. The van der Waals surface area contributed by atoms with Crippen LogP contribution < -0.4 is 5.32 Å². The number of carbonyl (C=O) groups excluding carboxylic acids is 1. The summed E-state index contributed by atoms with van der Waals surface area (Å²) in [4.78, 5) is 11.5. The largest absolute Gasteiger partial charge is 0.325 e. The number of hydrogen-bond donors (Lipinski definition) is 1. The van der Waals surface area contributed by atoms with Crippen LogP contribution in [-0.4, -0.2) is 26.3 Å². The number of benzene rings is 1. The third-order valence-electron chi connectivity index (χ3n) is 2.07. The average molecular weight is 320 g/mol. The molecule has 1 rings (SSSR count). The first-order valence-electron chi connectivity index (χ1n) is 5.10. The number of nitrogens with one attached hydrogen (secondary N) is 1. The van der Waals surface area contributed by atoms with Crippen LogP contribution in [0.15, 0.2) is 28.7 Å². The van der Waals surface area contributed by atoms with Gasteiger partial charge in [-0.3, -0.25) is 4.79 Å². The van der Waals surface area contributed by atoms with Gasteiger partial charge in [0.15, 0.2) is 0 Å². The Balaban J connectivity index is 2.43. The van der Waals surface area contributed by atoms with Gasteiger partial charge in [0.1, 0.15) is 9.84 Å². The summed E-state index contributed by atoms with van der Waals surface area (Å²) in [7, 11) is -2.99. The van der Waals surface area contributed by atoms with E-state index in [4.69, 9.17) is 0 Å². The Hall–Kier alpha value is -0.880. The lowest BCUT2D eigenvalue weighted by atomic mass is 10.3. The molecule has 6 heteroatoms. The minimum atomic E-state index is -2.99. The molecule has 0 aliphatic rings. The molecule has 0 aromatic heterocycles. The number of sulfone groups is 1. The lowest BCUT2D eigenvalue weighted by Gasteiger charge is -2.06. The fourth-order valence-corrected chi connectivity index (χ4v) is 2.32. The van der Waals surface area contributed by atoms with Gasteiger partial charge in [-0.15, -0.1) is 0 Å². The van der Waals surface area contributed by atoms with E-state index in [0.717, 1.165) is 4.47 Å². The summed E-state index contributed by atoms with van der Waals surface area (Å²) in [5.41, 5.74) is 0.692. The zero-order valence-electron chi connectivity index (χ0n) is 9.44. The summed E-state index contributed by atoms with van der Waals surface area (Å²) in [5.74, 6) is -0.142. The number of amides is 1. The van der Waals surface area contributed by atoms with Crippen LogP contribution in [0.4, 0.5) is 5.69 Å². The molecule has 17 heavy (non-hydrogen) atoms. The highest BCUT2D eigenvalue weighted by Crippen LogP contribution is 2.21. The quantitative estimate of drug-likeness (QED) is 0.905. The number of anilines is 1. The molecule has 0 radical (unpaired) electrons. The Bertz CT molecular complexity index is 499. The van der Waals surface area contributed by atoms with Crippen molar-refractivity contribution in [1.82, 2.24) is 0 Å². The number of para-hydroxylation sites is 1. The van der Waals surface area contributed by atoms with Crippen molar-refractivity contribution in [3.63, 3.8) is 0 Å². The molecule has 0 spiro atoms. The van der Waals surface area contributed by atoms with Gasteiger partial charge in [-0.05, 0) is 34.5 Å². The van der Waals surface area contributed by atoms with Gasteiger partial charge in [-0.25, -0.2) is 8.42 Å². The predicted octanol–water partition coefficient (Wildman–Crippen LogP) is 2.21. The van der Waals surface area contributed by atoms with Crippen molar-refractivity contribution in [3.8, 4) is 0 Å². The van der Waals surface area contributed by atoms with Crippen LogP contribution >= 0.6 is 15.9 Å². The molecule has 4 nitrogen and oxygen atoms in total. The average Bonchev–Trinajstić information content (AvgIpc) is 2.19. The maximum Gasteiger partial charge on any atom is 0.224 e. The Kier molecular flexibility index (Phi) is 5.14. The molecule has 94 valence electrons. The third-order valence-corrected chi connectivity index (χ3v) is 3.79. The highest BCUT2D eigenvalue weighted by atomic mass is 79.9. The molecule has 0 fully saturated rings. The van der Waals surface area contributed by atoms with Crippen molar-refractivity contribution >= 4 is 37.4 Å². The van der Waals surface area contributed by atoms with E-state index < -0.39 is 9.84 Å². The summed E-state index contributed by atoms with van der Waals surface area (Å²) in [5, 5.41) is 2.72. The topological polar surface area (TPSA) is 63.2 Å². The second-order valence-corrected chi connectivity index (χ2v) is 6.88. The van der Waals surface area contributed by atoms with E-state index in [1.54, 1.807) is 6.07 Å². The lowest BCUT2D eigenvalue weighted by Crippen LogP contribution is -2.13. The van der Waals surface area contributed by atoms with Gasteiger partial charge >= 0.3 is 0 Å². The Labute approximate surface area is 109 Å². The molecule has 0 heterocycles. The number of carbonyl (C=O) groups is 1. The van der Waals surface area contributed by atoms with Crippen molar-refractivity contribution in [2.24, 2.45) is 0 Å². The van der Waals surface area contributed by atoms with Crippen LogP contribution in [0.1, 0.15) is 12.8 Å². The summed E-state index contributed by atoms with van der Waals surface area (Å²) < 4.78 is 22.6. The molecular formula is C11H14BrNO3S. The van der Waals surface area contributed by atoms with E-state index in [0.29, 0.717) is 12.1 Å². The van der Waals surface area contributed by atoms with Gasteiger partial charge in [-0.1, -0.05) is 12.1 Å². The fraction of sp³-hybridized carbons (Fsp3) is 0.364. The van der Waals surface area contributed by atoms with E-state index in [-0.39, 0.29) is 18.1 Å². The molecule has 0 aliphatic heterocycles. The molecular weight excluding hydrogens is 306 g/mol. The second kappa shape index (κ2) is 6.16. The summed E-state index contributed by atoms with van der Waals surface area (Å²) in [6, 6.07) is 7.27. The van der Waals surface area contributed by atoms with Crippen LogP contribution in [0.5, 0.6) is 0 Å². The normalized spacial score (nSPS) is 11.2. The van der Waals surface area contributed by atoms with Gasteiger partial charge < -0.3 is 5.32 Å². The highest BCUT2D eigenvalue weighted by Gasteiger charge is 2.07. The lowest BCUT2D eigenvalue weighted by molar-refractivity contribution is -0.116. The first-order chi connectivity index (χ1) is 7.88. The molecule has 0 saturated carbocycles. The molecule has 1 N–H and O–H groups in total. The molecule has 0 unspecified atom stereocenters. The second-order valence-electron chi connectivity index (χ2n) is 3.76. The van der Waals surface area contributed by atoms with Crippen molar-refractivity contribution < 1.29 is 13.2 Å². The minimum Gasteiger partial charge on any atom is -0.325 e. The van der Waals surface area contributed by atoms with E-state index in [1.165, 1.54) is 6.26 Å². The fourth-order valence-electron chi connectivity index (χ4n) is 1.27. The van der Waals surface area contributed by atoms with Crippen molar-refractivity contribution in [1.29, 1.82) is 0 Å². The third kappa shape index (κ3) is 5.83. The molecule has 0 aliphatic carbocycles. The maximum atomic E-state index is 11.5. The van der Waals surface area contributed by atoms with E-state index in [2.05, 4.69) is 21.2 Å². The molecule has 1 aromatic carbocycles. The van der Waals surface area contributed by atoms with Crippen LogP contribution in [0.25, 0.3) is 0 Å². The van der Waals surface area contributed by atoms with Gasteiger partial charge in [0.05, 0.1) is 11.4 Å². The summed E-state index contributed by atoms with van der Waals surface area (Å²) in [6.45, 7) is 0. The van der Waals surface area contributed by atoms with E-state index >= 15 is 0 Å². The Morgan fingerprint density at radius 3 is 2.59 bits per heavy atom. The number of rotatable bonds is 5. The van der Waals surface area contributed by atoms with Crippen molar-refractivity contribution in [2.75, 3.05) is 17.3 Å². The maximum absolute atomic E-state index is 11.5. The first-order valence-corrected chi connectivity index (χ1v) is 7.96. The molecule has 0 saturated heterocycles. The number of halogens is 1. The smallest absolute Gasteiger partial charge is 0.224 e. The van der Waals surface area contributed by atoms with Gasteiger partial charge in [0, 0.05) is 17.1 Å². The van der Waals surface area contributed by atoms with Crippen LogP contribution in [-0.2, 0) is 14.6 Å². The predicted molar refractivity (Wildman–Crippen MR) is 71.7 cm³/mol. The van der Waals surface area contributed by atoms with Gasteiger partial charge in [-0.2, -0.15) is 0 Å². The first kappa shape index (κ1) is 14.2. The SMILES string of the molecule is CS(=O)(=O)CCCC(=O)Nc1ccccc1Br. The van der Waals surface area contributed by atoms with E-state index in [1.807, 2.05) is 18.2 Å². The van der Waals surface area contributed by atoms with Crippen LogP contribution in [0.2, 0.25) is 0 Å². The molecule has 0 bridgehead atoms.